The quantitative estimate of drug-likeness (QED) is 0.735. The Morgan fingerprint density at radius 2 is 2.07 bits per heavy atom. The first-order chi connectivity index (χ1) is 7.03. The fraction of sp³-hybridized carbons (Fsp3) is 1.00. The van der Waals surface area contributed by atoms with Gasteiger partial charge >= 0.3 is 0 Å². The van der Waals surface area contributed by atoms with Crippen LogP contribution >= 0.6 is 0 Å². The van der Waals surface area contributed by atoms with Crippen LogP contribution in [-0.2, 0) is 0 Å². The summed E-state index contributed by atoms with van der Waals surface area (Å²) in [5.74, 6) is 0. The smallest absolute Gasteiger partial charge is 0.0791 e. The van der Waals surface area contributed by atoms with Crippen LogP contribution < -0.4 is 5.32 Å². The molecular formula is C12H26N2O. The summed E-state index contributed by atoms with van der Waals surface area (Å²) < 4.78 is 0. The van der Waals surface area contributed by atoms with Crippen molar-refractivity contribution < 1.29 is 5.11 Å². The van der Waals surface area contributed by atoms with E-state index in [2.05, 4.69) is 24.1 Å². The molecule has 1 aliphatic heterocycles. The van der Waals surface area contributed by atoms with Gasteiger partial charge in [0.05, 0.1) is 6.10 Å². The minimum atomic E-state index is -0.226. The van der Waals surface area contributed by atoms with Crippen LogP contribution in [0.15, 0.2) is 0 Å². The van der Waals surface area contributed by atoms with Gasteiger partial charge in [0.1, 0.15) is 0 Å². The summed E-state index contributed by atoms with van der Waals surface area (Å²) in [6, 6.07) is 0. The predicted molar refractivity (Wildman–Crippen MR) is 64.0 cm³/mol. The number of β-amino-alcohol motifs (C(OH)–C–C–N with tert-alkyl or cyclic N) is 1. The highest BCUT2D eigenvalue weighted by Gasteiger charge is 2.23. The van der Waals surface area contributed by atoms with Crippen LogP contribution in [0.4, 0.5) is 0 Å². The van der Waals surface area contributed by atoms with Gasteiger partial charge in [-0.3, -0.25) is 0 Å². The maximum Gasteiger partial charge on any atom is 0.0791 e. The molecule has 1 atom stereocenters. The summed E-state index contributed by atoms with van der Waals surface area (Å²) in [6.45, 7) is 8.48. The number of hydrogen-bond acceptors (Lipinski definition) is 3. The Morgan fingerprint density at radius 1 is 1.33 bits per heavy atom. The lowest BCUT2D eigenvalue weighted by atomic mass is 9.85. The van der Waals surface area contributed by atoms with Gasteiger partial charge < -0.3 is 15.3 Å². The summed E-state index contributed by atoms with van der Waals surface area (Å²) in [6.07, 6.45) is 3.60. The summed E-state index contributed by atoms with van der Waals surface area (Å²) >= 11 is 0. The Kier molecular flexibility index (Phi) is 5.03. The van der Waals surface area contributed by atoms with Crippen LogP contribution in [-0.4, -0.2) is 49.3 Å². The zero-order valence-electron chi connectivity index (χ0n) is 10.4. The van der Waals surface area contributed by atoms with E-state index in [1.165, 1.54) is 19.3 Å². The first-order valence-corrected chi connectivity index (χ1v) is 6.08. The zero-order chi connectivity index (χ0) is 11.3. The van der Waals surface area contributed by atoms with Crippen LogP contribution in [0.2, 0.25) is 0 Å². The molecule has 0 aromatic carbocycles. The lowest BCUT2D eigenvalue weighted by Gasteiger charge is -2.25. The lowest BCUT2D eigenvalue weighted by molar-refractivity contribution is 0.113. The minimum Gasteiger partial charge on any atom is -0.390 e. The summed E-state index contributed by atoms with van der Waals surface area (Å²) in [5, 5.41) is 12.7. The first kappa shape index (κ1) is 12.9. The molecule has 0 radical (unpaired) electrons. The van der Waals surface area contributed by atoms with Crippen LogP contribution in [0.5, 0.6) is 0 Å². The standard InChI is InChI=1S/C12H26N2O/c1-12(2)5-4-7-14(8-6-12)10-11(15)9-13-3/h11,13,15H,4-10H2,1-3H3. The molecular weight excluding hydrogens is 188 g/mol. The number of likely N-dealkylation sites (tertiary alicyclic amines) is 1. The molecule has 0 saturated carbocycles. The number of likely N-dealkylation sites (N-methyl/N-ethyl adjacent to an activating group) is 1. The third-order valence-electron chi connectivity index (χ3n) is 3.34. The van der Waals surface area contributed by atoms with Crippen LogP contribution in [0, 0.1) is 5.41 Å². The van der Waals surface area contributed by atoms with Crippen LogP contribution in [0.3, 0.4) is 0 Å². The van der Waals surface area contributed by atoms with Gasteiger partial charge in [0.25, 0.3) is 0 Å². The molecule has 0 aromatic rings. The molecule has 0 spiro atoms. The fourth-order valence-corrected chi connectivity index (χ4v) is 2.26. The molecule has 15 heavy (non-hydrogen) atoms. The van der Waals surface area contributed by atoms with E-state index in [-0.39, 0.29) is 6.10 Å². The second-order valence-electron chi connectivity index (χ2n) is 5.53. The molecule has 1 aliphatic rings. The average molecular weight is 214 g/mol. The number of rotatable bonds is 4. The Morgan fingerprint density at radius 3 is 2.73 bits per heavy atom. The average Bonchev–Trinajstić information content (AvgIpc) is 2.28. The van der Waals surface area contributed by atoms with Crippen molar-refractivity contribution in [3.63, 3.8) is 0 Å². The van der Waals surface area contributed by atoms with Crippen molar-refractivity contribution in [1.29, 1.82) is 0 Å². The summed E-state index contributed by atoms with van der Waals surface area (Å²) in [5.41, 5.74) is 0.489. The van der Waals surface area contributed by atoms with Gasteiger partial charge in [0, 0.05) is 13.1 Å². The highest BCUT2D eigenvalue weighted by Crippen LogP contribution is 2.29. The SMILES string of the molecule is CNCC(O)CN1CCCC(C)(C)CC1. The van der Waals surface area contributed by atoms with Crippen molar-refractivity contribution in [3.8, 4) is 0 Å². The Hall–Kier alpha value is -0.120. The molecule has 1 unspecified atom stereocenters. The van der Waals surface area contributed by atoms with Gasteiger partial charge in [0.2, 0.25) is 0 Å². The zero-order valence-corrected chi connectivity index (χ0v) is 10.4. The fourth-order valence-electron chi connectivity index (χ4n) is 2.26. The maximum absolute atomic E-state index is 9.72. The third-order valence-corrected chi connectivity index (χ3v) is 3.34. The van der Waals surface area contributed by atoms with Crippen molar-refractivity contribution in [3.05, 3.63) is 0 Å². The Balaban J connectivity index is 2.31. The van der Waals surface area contributed by atoms with Crippen LogP contribution in [0.25, 0.3) is 0 Å². The van der Waals surface area contributed by atoms with E-state index in [1.54, 1.807) is 0 Å². The Bertz CT molecular complexity index is 182. The predicted octanol–water partition coefficient (Wildman–Crippen LogP) is 1.08. The van der Waals surface area contributed by atoms with Crippen molar-refractivity contribution in [2.45, 2.75) is 39.2 Å². The second-order valence-corrected chi connectivity index (χ2v) is 5.53. The van der Waals surface area contributed by atoms with E-state index in [4.69, 9.17) is 0 Å². The van der Waals surface area contributed by atoms with Crippen molar-refractivity contribution in [2.24, 2.45) is 5.41 Å². The van der Waals surface area contributed by atoms with E-state index in [1.807, 2.05) is 7.05 Å². The second kappa shape index (κ2) is 5.83. The van der Waals surface area contributed by atoms with Crippen LogP contribution in [0.1, 0.15) is 33.1 Å². The molecule has 1 saturated heterocycles. The molecule has 0 bridgehead atoms. The first-order valence-electron chi connectivity index (χ1n) is 6.08. The molecule has 0 aliphatic carbocycles. The highest BCUT2D eigenvalue weighted by molar-refractivity contribution is 4.77. The van der Waals surface area contributed by atoms with Gasteiger partial charge in [-0.05, 0) is 44.8 Å². The van der Waals surface area contributed by atoms with E-state index in [0.29, 0.717) is 12.0 Å². The largest absolute Gasteiger partial charge is 0.390 e. The topological polar surface area (TPSA) is 35.5 Å². The van der Waals surface area contributed by atoms with E-state index in [0.717, 1.165) is 19.6 Å². The van der Waals surface area contributed by atoms with Gasteiger partial charge in [-0.2, -0.15) is 0 Å². The van der Waals surface area contributed by atoms with Crippen molar-refractivity contribution in [1.82, 2.24) is 10.2 Å². The minimum absolute atomic E-state index is 0.226. The highest BCUT2D eigenvalue weighted by atomic mass is 16.3. The third kappa shape index (κ3) is 4.96. The van der Waals surface area contributed by atoms with Gasteiger partial charge in [-0.1, -0.05) is 13.8 Å². The molecule has 0 aromatic heterocycles. The Labute approximate surface area is 93.9 Å². The number of nitrogens with zero attached hydrogens (tertiary/aromatic N) is 1. The molecule has 1 fully saturated rings. The molecule has 3 heteroatoms. The van der Waals surface area contributed by atoms with Gasteiger partial charge in [0.15, 0.2) is 0 Å². The molecule has 1 rings (SSSR count). The molecule has 0 amide bonds. The van der Waals surface area contributed by atoms with Gasteiger partial charge in [-0.15, -0.1) is 0 Å². The molecule has 90 valence electrons. The van der Waals surface area contributed by atoms with E-state index >= 15 is 0 Å². The lowest BCUT2D eigenvalue weighted by Crippen LogP contribution is -2.38. The van der Waals surface area contributed by atoms with E-state index in [9.17, 15) is 5.11 Å². The van der Waals surface area contributed by atoms with Gasteiger partial charge in [-0.25, -0.2) is 0 Å². The van der Waals surface area contributed by atoms with E-state index < -0.39 is 0 Å². The number of aliphatic hydroxyl groups excluding tert-OH is 1. The monoisotopic (exact) mass is 214 g/mol. The van der Waals surface area contributed by atoms with Crippen molar-refractivity contribution >= 4 is 0 Å². The number of aliphatic hydroxyl groups is 1. The molecule has 2 N–H and O–H groups in total. The number of nitrogens with one attached hydrogen (secondary N) is 1. The molecule has 3 nitrogen and oxygen atoms in total. The maximum atomic E-state index is 9.72. The molecule has 1 heterocycles. The number of hydrogen-bond donors (Lipinski definition) is 2. The normalized spacial score (nSPS) is 24.8. The van der Waals surface area contributed by atoms with Crippen molar-refractivity contribution in [2.75, 3.05) is 33.2 Å². The summed E-state index contributed by atoms with van der Waals surface area (Å²) in [7, 11) is 1.88. The summed E-state index contributed by atoms with van der Waals surface area (Å²) in [4.78, 5) is 2.40.